The first-order chi connectivity index (χ1) is 9.77. The molecule has 116 valence electrons. The molecule has 1 heterocycles. The Hall–Kier alpha value is -0.605. The van der Waals surface area contributed by atoms with E-state index in [9.17, 15) is 12.8 Å². The topological polar surface area (TPSA) is 77.8 Å². The minimum atomic E-state index is -3.22. The predicted molar refractivity (Wildman–Crippen MR) is 82.6 cm³/mol. The highest BCUT2D eigenvalue weighted by molar-refractivity contribution is 8.00. The standard InChI is InChI=1S/C12H17BFNO4S2/c1-21(18,19)12-8-20-3-2-15(12)7-9-4-10(13(16)17)6-11(14)5-9/h4-6,12,16-17H,2-3,7-8H2,1H3. The van der Waals surface area contributed by atoms with Crippen LogP contribution in [0.5, 0.6) is 0 Å². The average Bonchev–Trinajstić information content (AvgIpc) is 2.37. The summed E-state index contributed by atoms with van der Waals surface area (Å²) in [5.74, 6) is 0.735. The van der Waals surface area contributed by atoms with Crippen LogP contribution in [-0.2, 0) is 16.4 Å². The fraction of sp³-hybridized carbons (Fsp3) is 0.500. The van der Waals surface area contributed by atoms with Crippen molar-refractivity contribution in [3.8, 4) is 0 Å². The molecule has 0 aliphatic carbocycles. The smallest absolute Gasteiger partial charge is 0.423 e. The maximum Gasteiger partial charge on any atom is 0.488 e. The second-order valence-electron chi connectivity index (χ2n) is 5.10. The molecule has 1 aliphatic rings. The third-order valence-electron chi connectivity index (χ3n) is 3.35. The van der Waals surface area contributed by atoms with Crippen molar-refractivity contribution in [1.29, 1.82) is 0 Å². The van der Waals surface area contributed by atoms with Crippen LogP contribution in [0.25, 0.3) is 0 Å². The second kappa shape index (κ2) is 6.66. The van der Waals surface area contributed by atoms with Gasteiger partial charge in [-0.05, 0) is 23.2 Å². The van der Waals surface area contributed by atoms with Crippen LogP contribution in [0.15, 0.2) is 18.2 Å². The summed E-state index contributed by atoms with van der Waals surface area (Å²) in [4.78, 5) is 1.79. The summed E-state index contributed by atoms with van der Waals surface area (Å²) in [5.41, 5.74) is 0.589. The maximum absolute atomic E-state index is 13.5. The van der Waals surface area contributed by atoms with Gasteiger partial charge in [0.2, 0.25) is 0 Å². The molecule has 0 saturated carbocycles. The highest BCUT2D eigenvalue weighted by atomic mass is 32.2. The van der Waals surface area contributed by atoms with Gasteiger partial charge in [-0.15, -0.1) is 0 Å². The van der Waals surface area contributed by atoms with Crippen LogP contribution in [-0.4, -0.2) is 60.2 Å². The summed E-state index contributed by atoms with van der Waals surface area (Å²) in [6, 6.07) is 3.82. The fourth-order valence-electron chi connectivity index (χ4n) is 2.34. The summed E-state index contributed by atoms with van der Waals surface area (Å²) in [5, 5.41) is 17.7. The molecule has 0 radical (unpaired) electrons. The molecule has 2 N–H and O–H groups in total. The van der Waals surface area contributed by atoms with Crippen LogP contribution in [0.1, 0.15) is 5.56 Å². The number of thioether (sulfide) groups is 1. The first-order valence-electron chi connectivity index (χ1n) is 6.43. The largest absolute Gasteiger partial charge is 0.488 e. The van der Waals surface area contributed by atoms with Crippen molar-refractivity contribution < 1.29 is 22.9 Å². The summed E-state index contributed by atoms with van der Waals surface area (Å²) in [6.07, 6.45) is 1.20. The summed E-state index contributed by atoms with van der Waals surface area (Å²) >= 11 is 1.58. The molecular formula is C12H17BFNO4S2. The van der Waals surface area contributed by atoms with Crippen molar-refractivity contribution >= 4 is 34.2 Å². The second-order valence-corrected chi connectivity index (χ2v) is 8.45. The summed E-state index contributed by atoms with van der Waals surface area (Å²) in [7, 11) is -4.97. The minimum absolute atomic E-state index is 0.0623. The van der Waals surface area contributed by atoms with Crippen molar-refractivity contribution in [1.82, 2.24) is 4.90 Å². The first-order valence-corrected chi connectivity index (χ1v) is 9.54. The van der Waals surface area contributed by atoms with Crippen LogP contribution in [0, 0.1) is 5.82 Å². The molecule has 1 saturated heterocycles. The molecule has 0 bridgehead atoms. The Balaban J connectivity index is 2.23. The van der Waals surface area contributed by atoms with Crippen molar-refractivity contribution in [2.75, 3.05) is 24.3 Å². The number of hydrogen-bond donors (Lipinski definition) is 2. The summed E-state index contributed by atoms with van der Waals surface area (Å²) < 4.78 is 37.2. The van der Waals surface area contributed by atoms with Gasteiger partial charge >= 0.3 is 7.12 Å². The molecule has 5 nitrogen and oxygen atoms in total. The zero-order valence-corrected chi connectivity index (χ0v) is 13.2. The van der Waals surface area contributed by atoms with Gasteiger partial charge in [-0.1, -0.05) is 6.07 Å². The summed E-state index contributed by atoms with van der Waals surface area (Å²) in [6.45, 7) is 0.853. The third-order valence-corrected chi connectivity index (χ3v) is 6.04. The van der Waals surface area contributed by atoms with E-state index in [1.807, 2.05) is 0 Å². The number of rotatable bonds is 4. The molecule has 1 atom stereocenters. The highest BCUT2D eigenvalue weighted by Gasteiger charge is 2.31. The van der Waals surface area contributed by atoms with Crippen LogP contribution in [0.3, 0.4) is 0 Å². The average molecular weight is 333 g/mol. The number of benzene rings is 1. The molecule has 9 heteroatoms. The van der Waals surface area contributed by atoms with E-state index >= 15 is 0 Å². The molecule has 0 amide bonds. The molecule has 1 fully saturated rings. The zero-order valence-electron chi connectivity index (χ0n) is 11.6. The molecule has 21 heavy (non-hydrogen) atoms. The van der Waals surface area contributed by atoms with E-state index in [1.54, 1.807) is 16.7 Å². The molecule has 0 aromatic heterocycles. The van der Waals surface area contributed by atoms with E-state index < -0.39 is 28.1 Å². The molecule has 1 aromatic carbocycles. The van der Waals surface area contributed by atoms with E-state index in [-0.39, 0.29) is 12.0 Å². The Kier molecular flexibility index (Phi) is 5.31. The van der Waals surface area contributed by atoms with Crippen molar-refractivity contribution in [2.24, 2.45) is 0 Å². The third kappa shape index (κ3) is 4.43. The lowest BCUT2D eigenvalue weighted by molar-refractivity contribution is 0.262. The highest BCUT2D eigenvalue weighted by Crippen LogP contribution is 2.22. The number of hydrogen-bond acceptors (Lipinski definition) is 6. The predicted octanol–water partition coefficient (Wildman–Crippen LogP) is -0.575. The van der Waals surface area contributed by atoms with Crippen molar-refractivity contribution in [3.05, 3.63) is 29.6 Å². The maximum atomic E-state index is 13.5. The lowest BCUT2D eigenvalue weighted by atomic mass is 9.79. The molecule has 1 aliphatic heterocycles. The quantitative estimate of drug-likeness (QED) is 0.719. The SMILES string of the molecule is CS(=O)(=O)C1CSCCN1Cc1cc(F)cc(B(O)O)c1. The molecule has 0 spiro atoms. The van der Waals surface area contributed by atoms with Gasteiger partial charge in [0.15, 0.2) is 9.84 Å². The van der Waals surface area contributed by atoms with Crippen LogP contribution >= 0.6 is 11.8 Å². The Morgan fingerprint density at radius 3 is 2.76 bits per heavy atom. The Labute approximate surface area is 128 Å². The van der Waals surface area contributed by atoms with Gasteiger partial charge in [-0.3, -0.25) is 4.90 Å². The van der Waals surface area contributed by atoms with Gasteiger partial charge in [0.25, 0.3) is 0 Å². The number of halogens is 1. The van der Waals surface area contributed by atoms with Gasteiger partial charge in [-0.25, -0.2) is 12.8 Å². The Morgan fingerprint density at radius 1 is 1.43 bits per heavy atom. The van der Waals surface area contributed by atoms with Gasteiger partial charge in [0.1, 0.15) is 11.2 Å². The van der Waals surface area contributed by atoms with E-state index in [0.29, 0.717) is 17.9 Å². The van der Waals surface area contributed by atoms with E-state index in [1.165, 1.54) is 18.4 Å². The van der Waals surface area contributed by atoms with Gasteiger partial charge in [-0.2, -0.15) is 11.8 Å². The Bertz CT molecular complexity index is 611. The Morgan fingerprint density at radius 2 is 2.14 bits per heavy atom. The molecule has 1 unspecified atom stereocenters. The van der Waals surface area contributed by atoms with Crippen molar-refractivity contribution in [2.45, 2.75) is 11.9 Å². The van der Waals surface area contributed by atoms with Crippen LogP contribution < -0.4 is 5.46 Å². The van der Waals surface area contributed by atoms with Gasteiger partial charge < -0.3 is 10.0 Å². The van der Waals surface area contributed by atoms with E-state index in [2.05, 4.69) is 0 Å². The monoisotopic (exact) mass is 333 g/mol. The minimum Gasteiger partial charge on any atom is -0.423 e. The van der Waals surface area contributed by atoms with Crippen molar-refractivity contribution in [3.63, 3.8) is 0 Å². The number of nitrogens with zero attached hydrogens (tertiary/aromatic N) is 1. The molecule has 1 aromatic rings. The molecule has 2 rings (SSSR count). The zero-order chi connectivity index (χ0) is 15.6. The fourth-order valence-corrected chi connectivity index (χ4v) is 5.28. The van der Waals surface area contributed by atoms with Crippen LogP contribution in [0.4, 0.5) is 4.39 Å². The van der Waals surface area contributed by atoms with Crippen LogP contribution in [0.2, 0.25) is 0 Å². The van der Waals surface area contributed by atoms with E-state index in [4.69, 9.17) is 10.0 Å². The van der Waals surface area contributed by atoms with Gasteiger partial charge in [0.05, 0.1) is 0 Å². The van der Waals surface area contributed by atoms with E-state index in [0.717, 1.165) is 11.8 Å². The first kappa shape index (κ1) is 16.8. The lowest BCUT2D eigenvalue weighted by Gasteiger charge is -2.34. The number of sulfone groups is 1. The normalized spacial score (nSPS) is 20.5. The molecular weight excluding hydrogens is 316 g/mol. The lowest BCUT2D eigenvalue weighted by Crippen LogP contribution is -2.46. The van der Waals surface area contributed by atoms with Gasteiger partial charge in [0, 0.05) is 30.9 Å².